The fraction of sp³-hybridized carbons (Fsp3) is 0.250. The van der Waals surface area contributed by atoms with E-state index in [2.05, 4.69) is 34.9 Å². The number of hydrazone groups is 1. The van der Waals surface area contributed by atoms with E-state index in [0.717, 1.165) is 18.7 Å². The van der Waals surface area contributed by atoms with Crippen molar-refractivity contribution in [1.29, 1.82) is 0 Å². The molecule has 110 valence electrons. The average molecular weight is 285 g/mol. The summed E-state index contributed by atoms with van der Waals surface area (Å²) in [4.78, 5) is 11.5. The van der Waals surface area contributed by atoms with Crippen molar-refractivity contribution in [2.75, 3.05) is 11.9 Å². The first-order chi connectivity index (χ1) is 10.2. The van der Waals surface area contributed by atoms with E-state index < -0.39 is 0 Å². The molecule has 0 unspecified atom stereocenters. The lowest BCUT2D eigenvalue weighted by Gasteiger charge is -2.06. The lowest BCUT2D eigenvalue weighted by atomic mass is 10.2. The molecule has 0 aliphatic rings. The second-order valence-electron chi connectivity index (χ2n) is 4.70. The lowest BCUT2D eigenvalue weighted by molar-refractivity contribution is -0.121. The number of carbonyl (C=O) groups is 1. The van der Waals surface area contributed by atoms with Gasteiger partial charge in [0.15, 0.2) is 0 Å². The van der Waals surface area contributed by atoms with Crippen LogP contribution in [0.15, 0.2) is 52.2 Å². The van der Waals surface area contributed by atoms with E-state index in [1.807, 2.05) is 12.1 Å². The van der Waals surface area contributed by atoms with Crippen molar-refractivity contribution in [2.45, 2.75) is 19.8 Å². The molecule has 2 aromatic rings. The summed E-state index contributed by atoms with van der Waals surface area (Å²) in [5, 5.41) is 7.09. The number of benzene rings is 1. The maximum atomic E-state index is 11.5. The number of furan rings is 1. The number of hydrogen-bond donors (Lipinski definition) is 2. The molecular formula is C16H19N3O2. The molecule has 0 radical (unpaired) electrons. The molecular weight excluding hydrogens is 266 g/mol. The topological polar surface area (TPSA) is 66.6 Å². The third-order valence-electron chi connectivity index (χ3n) is 2.89. The Hall–Kier alpha value is -2.56. The first-order valence-electron chi connectivity index (χ1n) is 6.90. The number of amides is 1. The summed E-state index contributed by atoms with van der Waals surface area (Å²) in [5.41, 5.74) is 4.77. The van der Waals surface area contributed by atoms with Gasteiger partial charge in [-0.3, -0.25) is 4.79 Å². The van der Waals surface area contributed by atoms with Crippen molar-refractivity contribution < 1.29 is 9.21 Å². The second-order valence-corrected chi connectivity index (χ2v) is 4.70. The largest absolute Gasteiger partial charge is 0.463 e. The Balaban J connectivity index is 1.60. The average Bonchev–Trinajstić information content (AvgIpc) is 2.99. The summed E-state index contributed by atoms with van der Waals surface area (Å²) in [6, 6.07) is 11.7. The molecule has 0 aliphatic heterocycles. The molecule has 5 nitrogen and oxygen atoms in total. The highest BCUT2D eigenvalue weighted by Crippen LogP contribution is 2.08. The SMILES string of the molecule is Cc1ccc(NCCCC(=O)N/N=C\c2ccco2)cc1. The number of anilines is 1. The minimum atomic E-state index is -0.108. The molecule has 2 N–H and O–H groups in total. The van der Waals surface area contributed by atoms with Crippen LogP contribution in [-0.2, 0) is 4.79 Å². The summed E-state index contributed by atoms with van der Waals surface area (Å²) < 4.78 is 5.06. The first-order valence-corrected chi connectivity index (χ1v) is 6.90. The monoisotopic (exact) mass is 285 g/mol. The highest BCUT2D eigenvalue weighted by atomic mass is 16.3. The van der Waals surface area contributed by atoms with E-state index in [9.17, 15) is 4.79 Å². The summed E-state index contributed by atoms with van der Waals surface area (Å²) in [7, 11) is 0. The molecule has 21 heavy (non-hydrogen) atoms. The van der Waals surface area contributed by atoms with Gasteiger partial charge in [-0.1, -0.05) is 17.7 Å². The molecule has 0 bridgehead atoms. The van der Waals surface area contributed by atoms with Crippen LogP contribution in [0.25, 0.3) is 0 Å². The molecule has 0 saturated carbocycles. The Morgan fingerprint density at radius 2 is 2.10 bits per heavy atom. The Kier molecular flexibility index (Phi) is 5.58. The van der Waals surface area contributed by atoms with Crippen LogP contribution in [-0.4, -0.2) is 18.7 Å². The lowest BCUT2D eigenvalue weighted by Crippen LogP contribution is -2.18. The van der Waals surface area contributed by atoms with Gasteiger partial charge in [0.25, 0.3) is 0 Å². The second kappa shape index (κ2) is 7.89. The van der Waals surface area contributed by atoms with E-state index >= 15 is 0 Å². The number of hydrogen-bond acceptors (Lipinski definition) is 4. The highest BCUT2D eigenvalue weighted by Gasteiger charge is 1.99. The first kappa shape index (κ1) is 14.8. The zero-order chi connectivity index (χ0) is 14.9. The summed E-state index contributed by atoms with van der Waals surface area (Å²) in [6.45, 7) is 2.80. The number of nitrogens with zero attached hydrogens (tertiary/aromatic N) is 1. The van der Waals surface area contributed by atoms with Crippen molar-refractivity contribution in [2.24, 2.45) is 5.10 Å². The molecule has 2 rings (SSSR count). The van der Waals surface area contributed by atoms with Gasteiger partial charge in [-0.05, 0) is 37.6 Å². The fourth-order valence-electron chi connectivity index (χ4n) is 1.74. The van der Waals surface area contributed by atoms with Gasteiger partial charge in [0, 0.05) is 18.7 Å². The van der Waals surface area contributed by atoms with Crippen molar-refractivity contribution in [3.8, 4) is 0 Å². The van der Waals surface area contributed by atoms with E-state index in [-0.39, 0.29) is 5.91 Å². The Bertz CT molecular complexity index is 574. The zero-order valence-electron chi connectivity index (χ0n) is 12.0. The third kappa shape index (κ3) is 5.52. The van der Waals surface area contributed by atoms with Crippen molar-refractivity contribution >= 4 is 17.8 Å². The predicted octanol–water partition coefficient (Wildman–Crippen LogP) is 2.93. The van der Waals surface area contributed by atoms with Gasteiger partial charge < -0.3 is 9.73 Å². The van der Waals surface area contributed by atoms with Gasteiger partial charge in [0.1, 0.15) is 5.76 Å². The molecule has 0 saturated heterocycles. The standard InChI is InChI=1S/C16H19N3O2/c1-13-6-8-14(9-7-13)17-10-2-5-16(20)19-18-12-15-4-3-11-21-15/h3-4,6-9,11-12,17H,2,5,10H2,1H3,(H,19,20)/b18-12-. The van der Waals surface area contributed by atoms with Crippen LogP contribution >= 0.6 is 0 Å². The molecule has 0 fully saturated rings. The molecule has 0 atom stereocenters. The Morgan fingerprint density at radius 3 is 2.81 bits per heavy atom. The van der Waals surface area contributed by atoms with Crippen LogP contribution in [0.2, 0.25) is 0 Å². The van der Waals surface area contributed by atoms with Crippen LogP contribution in [0.3, 0.4) is 0 Å². The molecule has 1 amide bonds. The smallest absolute Gasteiger partial charge is 0.240 e. The molecule has 0 spiro atoms. The van der Waals surface area contributed by atoms with Crippen molar-refractivity contribution in [1.82, 2.24) is 5.43 Å². The summed E-state index contributed by atoms with van der Waals surface area (Å²) in [6.07, 6.45) is 4.20. The van der Waals surface area contributed by atoms with Gasteiger partial charge in [-0.2, -0.15) is 5.10 Å². The quantitative estimate of drug-likeness (QED) is 0.467. The van der Waals surface area contributed by atoms with Crippen LogP contribution in [0, 0.1) is 6.92 Å². The summed E-state index contributed by atoms with van der Waals surface area (Å²) in [5.74, 6) is 0.500. The molecule has 1 heterocycles. The van der Waals surface area contributed by atoms with Crippen LogP contribution in [0.1, 0.15) is 24.2 Å². The number of carbonyl (C=O) groups excluding carboxylic acids is 1. The molecule has 1 aromatic heterocycles. The number of aryl methyl sites for hydroxylation is 1. The number of nitrogens with one attached hydrogen (secondary N) is 2. The predicted molar refractivity (Wildman–Crippen MR) is 83.3 cm³/mol. The van der Waals surface area contributed by atoms with Gasteiger partial charge in [0.2, 0.25) is 5.91 Å². The van der Waals surface area contributed by atoms with Gasteiger partial charge >= 0.3 is 0 Å². The van der Waals surface area contributed by atoms with Crippen LogP contribution < -0.4 is 10.7 Å². The van der Waals surface area contributed by atoms with Crippen molar-refractivity contribution in [3.63, 3.8) is 0 Å². The third-order valence-corrected chi connectivity index (χ3v) is 2.89. The van der Waals surface area contributed by atoms with Gasteiger partial charge in [0.05, 0.1) is 12.5 Å². The maximum Gasteiger partial charge on any atom is 0.240 e. The Labute approximate surface area is 124 Å². The van der Waals surface area contributed by atoms with Crippen LogP contribution in [0.4, 0.5) is 5.69 Å². The minimum absolute atomic E-state index is 0.108. The normalized spacial score (nSPS) is 10.7. The molecule has 1 aromatic carbocycles. The van der Waals surface area contributed by atoms with E-state index in [0.29, 0.717) is 12.2 Å². The van der Waals surface area contributed by atoms with E-state index in [4.69, 9.17) is 4.42 Å². The highest BCUT2D eigenvalue weighted by molar-refractivity contribution is 5.80. The van der Waals surface area contributed by atoms with E-state index in [1.54, 1.807) is 18.4 Å². The van der Waals surface area contributed by atoms with Crippen molar-refractivity contribution in [3.05, 3.63) is 54.0 Å². The van der Waals surface area contributed by atoms with Crippen LogP contribution in [0.5, 0.6) is 0 Å². The Morgan fingerprint density at radius 1 is 1.29 bits per heavy atom. The maximum absolute atomic E-state index is 11.5. The molecule has 5 heteroatoms. The zero-order valence-corrected chi connectivity index (χ0v) is 12.0. The van der Waals surface area contributed by atoms with E-state index in [1.165, 1.54) is 11.8 Å². The van der Waals surface area contributed by atoms with Gasteiger partial charge in [-0.25, -0.2) is 5.43 Å². The fourth-order valence-corrected chi connectivity index (χ4v) is 1.74. The summed E-state index contributed by atoms with van der Waals surface area (Å²) >= 11 is 0. The minimum Gasteiger partial charge on any atom is -0.463 e. The van der Waals surface area contributed by atoms with Gasteiger partial charge in [-0.15, -0.1) is 0 Å². The molecule has 0 aliphatic carbocycles. The number of rotatable bonds is 7.